The number of thioether (sulfide) groups is 1. The number of H-pyrrole nitrogens is 2. The molecule has 0 aliphatic carbocycles. The average molecular weight is 378 g/mol. The molecular weight excluding hydrogens is 346 g/mol. The normalized spacial score (nSPS) is 14.8. The number of aromatic amines is 2. The Bertz CT molecular complexity index is 726. The van der Waals surface area contributed by atoms with E-state index in [1.54, 1.807) is 11.8 Å². The molecule has 2 unspecified atom stereocenters. The van der Waals surface area contributed by atoms with Crippen LogP contribution in [0.1, 0.15) is 47.4 Å². The van der Waals surface area contributed by atoms with Crippen LogP contribution in [0, 0.1) is 16.7 Å². The van der Waals surface area contributed by atoms with Crippen LogP contribution in [0.15, 0.2) is 35.1 Å². The van der Waals surface area contributed by atoms with Crippen LogP contribution in [0.5, 0.6) is 5.75 Å². The Morgan fingerprint density at radius 3 is 2.23 bits per heavy atom. The highest BCUT2D eigenvalue weighted by atomic mass is 32.2. The third kappa shape index (κ3) is 5.94. The van der Waals surface area contributed by atoms with E-state index in [0.717, 1.165) is 11.5 Å². The Morgan fingerprint density at radius 2 is 1.73 bits per heavy atom. The van der Waals surface area contributed by atoms with E-state index in [2.05, 4.69) is 56.7 Å². The molecule has 26 heavy (non-hydrogen) atoms. The van der Waals surface area contributed by atoms with Gasteiger partial charge in [0.05, 0.1) is 5.75 Å². The predicted octanol–water partition coefficient (Wildman–Crippen LogP) is 4.49. The summed E-state index contributed by atoms with van der Waals surface area (Å²) < 4.78 is 6.48. The van der Waals surface area contributed by atoms with Gasteiger partial charge in [-0.1, -0.05) is 59.7 Å². The van der Waals surface area contributed by atoms with E-state index in [1.807, 2.05) is 30.3 Å². The zero-order valence-electron chi connectivity index (χ0n) is 16.6. The van der Waals surface area contributed by atoms with Crippen LogP contribution in [-0.4, -0.2) is 27.0 Å². The number of ether oxygens (including phenoxy) is 1. The monoisotopic (exact) mass is 377 g/mol. The first-order valence-electron chi connectivity index (χ1n) is 9.00. The number of hydrogen-bond donors (Lipinski definition) is 2. The van der Waals surface area contributed by atoms with Crippen LogP contribution in [0.25, 0.3) is 0 Å². The molecule has 0 aliphatic heterocycles. The summed E-state index contributed by atoms with van der Waals surface area (Å²) in [6.45, 7) is 13.5. The van der Waals surface area contributed by atoms with Crippen molar-refractivity contribution in [3.8, 4) is 5.75 Å². The lowest BCUT2D eigenvalue weighted by atomic mass is 9.70. The van der Waals surface area contributed by atoms with Gasteiger partial charge in [0.15, 0.2) is 0 Å². The van der Waals surface area contributed by atoms with Crippen LogP contribution >= 0.6 is 11.8 Å². The maximum Gasteiger partial charge on any atom is 0.340 e. The molecule has 0 saturated carbocycles. The number of para-hydroxylation sites is 1. The van der Waals surface area contributed by atoms with Crippen molar-refractivity contribution in [1.29, 1.82) is 0 Å². The maximum absolute atomic E-state index is 11.2. The molecule has 144 valence electrons. The average Bonchev–Trinajstić information content (AvgIpc) is 2.94. The van der Waals surface area contributed by atoms with Crippen molar-refractivity contribution in [3.63, 3.8) is 0 Å². The fourth-order valence-electron chi connectivity index (χ4n) is 2.96. The first-order valence-corrected chi connectivity index (χ1v) is 10.2. The Hall–Kier alpha value is -1.69. The molecule has 6 heteroatoms. The van der Waals surface area contributed by atoms with Gasteiger partial charge in [-0.05, 0) is 23.0 Å². The standard InChI is InChI=1S/C20H31N3O2S/c1-19(2,3)15(12-26-13-16-21-18(24)23-22-16)17(20(4,5)6)25-14-10-8-7-9-11-14/h7-11,15,17H,12-13H2,1-6H3,(H2,21,22,23,24). The molecule has 1 aromatic carbocycles. The van der Waals surface area contributed by atoms with Gasteiger partial charge < -0.3 is 4.74 Å². The molecule has 2 N–H and O–H groups in total. The van der Waals surface area contributed by atoms with E-state index in [-0.39, 0.29) is 22.6 Å². The van der Waals surface area contributed by atoms with E-state index < -0.39 is 0 Å². The van der Waals surface area contributed by atoms with E-state index in [1.165, 1.54) is 0 Å². The van der Waals surface area contributed by atoms with Gasteiger partial charge >= 0.3 is 5.69 Å². The van der Waals surface area contributed by atoms with E-state index >= 15 is 0 Å². The lowest BCUT2D eigenvalue weighted by Gasteiger charge is -2.43. The highest BCUT2D eigenvalue weighted by Crippen LogP contribution is 2.41. The van der Waals surface area contributed by atoms with Crippen LogP contribution in [-0.2, 0) is 5.75 Å². The van der Waals surface area contributed by atoms with Gasteiger partial charge in [-0.2, -0.15) is 16.9 Å². The number of nitrogens with one attached hydrogen (secondary N) is 2. The molecule has 0 radical (unpaired) electrons. The molecule has 1 heterocycles. The SMILES string of the molecule is CC(C)(C)C(CSCc1n[nH]c(=O)[nH]1)C(Oc1ccccc1)C(C)(C)C. The number of aromatic nitrogens is 3. The summed E-state index contributed by atoms with van der Waals surface area (Å²) in [5.74, 6) is 3.52. The minimum absolute atomic E-state index is 0.00496. The van der Waals surface area contributed by atoms with E-state index in [0.29, 0.717) is 17.5 Å². The molecule has 0 spiro atoms. The molecular formula is C20H31N3O2S. The second-order valence-electron chi connectivity index (χ2n) is 8.83. The zero-order valence-corrected chi connectivity index (χ0v) is 17.4. The molecule has 2 aromatic rings. The number of nitrogens with zero attached hydrogens (tertiary/aromatic N) is 1. The Balaban J connectivity index is 2.15. The summed E-state index contributed by atoms with van der Waals surface area (Å²) in [6, 6.07) is 10.0. The van der Waals surface area contributed by atoms with Crippen molar-refractivity contribution >= 4 is 11.8 Å². The van der Waals surface area contributed by atoms with Crippen molar-refractivity contribution in [3.05, 3.63) is 46.6 Å². The van der Waals surface area contributed by atoms with Crippen LogP contribution in [0.4, 0.5) is 0 Å². The van der Waals surface area contributed by atoms with Crippen molar-refractivity contribution in [2.75, 3.05) is 5.75 Å². The van der Waals surface area contributed by atoms with Gasteiger partial charge in [0.2, 0.25) is 0 Å². The van der Waals surface area contributed by atoms with Gasteiger partial charge in [-0.15, -0.1) is 0 Å². The zero-order chi connectivity index (χ0) is 19.4. The van der Waals surface area contributed by atoms with Crippen molar-refractivity contribution in [2.45, 2.75) is 53.4 Å². The van der Waals surface area contributed by atoms with Crippen molar-refractivity contribution < 1.29 is 4.74 Å². The molecule has 0 bridgehead atoms. The lowest BCUT2D eigenvalue weighted by Crippen LogP contribution is -2.46. The van der Waals surface area contributed by atoms with Crippen LogP contribution < -0.4 is 10.4 Å². The van der Waals surface area contributed by atoms with E-state index in [4.69, 9.17) is 4.74 Å². The molecule has 0 aliphatic rings. The lowest BCUT2D eigenvalue weighted by molar-refractivity contribution is -0.000619. The molecule has 0 saturated heterocycles. The number of rotatable bonds is 7. The fourth-order valence-corrected chi connectivity index (χ4v) is 4.33. The van der Waals surface area contributed by atoms with Gasteiger partial charge in [-0.25, -0.2) is 9.89 Å². The summed E-state index contributed by atoms with van der Waals surface area (Å²) >= 11 is 1.78. The summed E-state index contributed by atoms with van der Waals surface area (Å²) in [5, 5.41) is 6.41. The molecule has 0 amide bonds. The van der Waals surface area contributed by atoms with E-state index in [9.17, 15) is 4.79 Å². The van der Waals surface area contributed by atoms with Crippen LogP contribution in [0.3, 0.4) is 0 Å². The Kier molecular flexibility index (Phi) is 6.61. The minimum Gasteiger partial charge on any atom is -0.490 e. The van der Waals surface area contributed by atoms with Crippen molar-refractivity contribution in [2.24, 2.45) is 16.7 Å². The van der Waals surface area contributed by atoms with Gasteiger partial charge in [0.25, 0.3) is 0 Å². The largest absolute Gasteiger partial charge is 0.490 e. The van der Waals surface area contributed by atoms with Gasteiger partial charge in [0, 0.05) is 11.7 Å². The summed E-state index contributed by atoms with van der Waals surface area (Å²) in [4.78, 5) is 13.9. The summed E-state index contributed by atoms with van der Waals surface area (Å²) in [5.41, 5.74) is -0.179. The Labute approximate surface area is 160 Å². The molecule has 5 nitrogen and oxygen atoms in total. The van der Waals surface area contributed by atoms with Gasteiger partial charge in [-0.3, -0.25) is 4.98 Å². The molecule has 2 rings (SSSR count). The predicted molar refractivity (Wildman–Crippen MR) is 109 cm³/mol. The minimum atomic E-state index is -0.257. The Morgan fingerprint density at radius 1 is 1.08 bits per heavy atom. The topological polar surface area (TPSA) is 70.8 Å². The second-order valence-corrected chi connectivity index (χ2v) is 9.86. The van der Waals surface area contributed by atoms with Gasteiger partial charge in [0.1, 0.15) is 17.7 Å². The highest BCUT2D eigenvalue weighted by molar-refractivity contribution is 7.98. The number of benzene rings is 1. The quantitative estimate of drug-likeness (QED) is 0.746. The smallest absolute Gasteiger partial charge is 0.340 e. The second kappa shape index (κ2) is 8.33. The summed E-state index contributed by atoms with van der Waals surface area (Å²) in [7, 11) is 0. The fraction of sp³-hybridized carbons (Fsp3) is 0.600. The third-order valence-corrected chi connectivity index (χ3v) is 5.50. The molecule has 2 atom stereocenters. The number of hydrogen-bond acceptors (Lipinski definition) is 4. The molecule has 0 fully saturated rings. The van der Waals surface area contributed by atoms with Crippen LogP contribution in [0.2, 0.25) is 0 Å². The molecule has 1 aromatic heterocycles. The first kappa shape index (κ1) is 20.6. The summed E-state index contributed by atoms with van der Waals surface area (Å²) in [6.07, 6.45) is 0.0654. The highest BCUT2D eigenvalue weighted by Gasteiger charge is 2.40. The third-order valence-electron chi connectivity index (χ3n) is 4.42. The maximum atomic E-state index is 11.2. The van der Waals surface area contributed by atoms with Crippen molar-refractivity contribution in [1.82, 2.24) is 15.2 Å². The first-order chi connectivity index (χ1) is 12.1.